The van der Waals surface area contributed by atoms with Crippen LogP contribution in [0.4, 0.5) is 11.4 Å². The highest BCUT2D eigenvalue weighted by Crippen LogP contribution is 2.32. The van der Waals surface area contributed by atoms with E-state index in [9.17, 15) is 0 Å². The summed E-state index contributed by atoms with van der Waals surface area (Å²) in [4.78, 5) is 2.11. The second-order valence-electron chi connectivity index (χ2n) is 4.64. The van der Waals surface area contributed by atoms with E-state index >= 15 is 0 Å². The van der Waals surface area contributed by atoms with Gasteiger partial charge in [0.25, 0.3) is 0 Å². The summed E-state index contributed by atoms with van der Waals surface area (Å²) in [7, 11) is 5.34. The first-order chi connectivity index (χ1) is 9.63. The van der Waals surface area contributed by atoms with E-state index in [1.165, 1.54) is 0 Å². The molecule has 0 unspecified atom stereocenters. The number of hydrogen-bond donors (Lipinski definition) is 1. The zero-order valence-corrected chi connectivity index (χ0v) is 12.1. The Kier molecular flexibility index (Phi) is 4.35. The van der Waals surface area contributed by atoms with Crippen LogP contribution in [0.25, 0.3) is 0 Å². The predicted molar refractivity (Wildman–Crippen MR) is 82.5 cm³/mol. The highest BCUT2D eigenvalue weighted by atomic mass is 16.5. The molecule has 0 aromatic heterocycles. The van der Waals surface area contributed by atoms with Gasteiger partial charge in [-0.15, -0.1) is 0 Å². The van der Waals surface area contributed by atoms with Crippen LogP contribution in [0, 0.1) is 0 Å². The number of nitrogens with zero attached hydrogens (tertiary/aromatic N) is 1. The van der Waals surface area contributed by atoms with Crippen LogP contribution in [0.5, 0.6) is 11.5 Å². The molecule has 2 aromatic carbocycles. The molecule has 0 bridgehead atoms. The third-order valence-corrected chi connectivity index (χ3v) is 3.17. The van der Waals surface area contributed by atoms with E-state index in [2.05, 4.69) is 11.0 Å². The molecule has 2 rings (SSSR count). The fourth-order valence-corrected chi connectivity index (χ4v) is 2.15. The van der Waals surface area contributed by atoms with Crippen LogP contribution >= 0.6 is 0 Å². The maximum atomic E-state index is 5.81. The SMILES string of the molecule is COc1ccc(OC)c(N(C)Cc2cccc(N)c2)c1. The number of ether oxygens (including phenoxy) is 2. The molecule has 0 fully saturated rings. The Morgan fingerprint density at radius 3 is 2.50 bits per heavy atom. The van der Waals surface area contributed by atoms with Crippen LogP contribution in [-0.4, -0.2) is 21.3 Å². The van der Waals surface area contributed by atoms with Crippen molar-refractivity contribution in [2.75, 3.05) is 31.9 Å². The first-order valence-corrected chi connectivity index (χ1v) is 6.41. The van der Waals surface area contributed by atoms with Gasteiger partial charge in [0.1, 0.15) is 11.5 Å². The maximum absolute atomic E-state index is 5.81. The molecule has 0 saturated carbocycles. The molecule has 4 heteroatoms. The van der Waals surface area contributed by atoms with Crippen molar-refractivity contribution < 1.29 is 9.47 Å². The molecule has 0 spiro atoms. The molecule has 4 nitrogen and oxygen atoms in total. The lowest BCUT2D eigenvalue weighted by atomic mass is 10.1. The molecule has 0 amide bonds. The van der Waals surface area contributed by atoms with Gasteiger partial charge in [0.05, 0.1) is 19.9 Å². The van der Waals surface area contributed by atoms with Gasteiger partial charge in [0.15, 0.2) is 0 Å². The summed E-state index contributed by atoms with van der Waals surface area (Å²) >= 11 is 0. The zero-order valence-electron chi connectivity index (χ0n) is 12.1. The zero-order chi connectivity index (χ0) is 14.5. The van der Waals surface area contributed by atoms with Gasteiger partial charge in [-0.25, -0.2) is 0 Å². The predicted octanol–water partition coefficient (Wildman–Crippen LogP) is 2.92. The molecule has 2 N–H and O–H groups in total. The highest BCUT2D eigenvalue weighted by molar-refractivity contribution is 5.61. The van der Waals surface area contributed by atoms with Crippen molar-refractivity contribution >= 4 is 11.4 Å². The van der Waals surface area contributed by atoms with E-state index in [0.717, 1.165) is 35.0 Å². The van der Waals surface area contributed by atoms with Gasteiger partial charge in [-0.2, -0.15) is 0 Å². The largest absolute Gasteiger partial charge is 0.497 e. The number of nitrogens with two attached hydrogens (primary N) is 1. The molecule has 2 aromatic rings. The van der Waals surface area contributed by atoms with Crippen molar-refractivity contribution in [2.24, 2.45) is 0 Å². The van der Waals surface area contributed by atoms with E-state index in [1.54, 1.807) is 14.2 Å². The molecule has 20 heavy (non-hydrogen) atoms. The lowest BCUT2D eigenvalue weighted by molar-refractivity contribution is 0.403. The normalized spacial score (nSPS) is 10.2. The molecule has 0 saturated heterocycles. The topological polar surface area (TPSA) is 47.7 Å². The Bertz CT molecular complexity index is 584. The van der Waals surface area contributed by atoms with Gasteiger partial charge in [-0.1, -0.05) is 12.1 Å². The Morgan fingerprint density at radius 1 is 1.05 bits per heavy atom. The van der Waals surface area contributed by atoms with Crippen molar-refractivity contribution in [3.8, 4) is 11.5 Å². The quantitative estimate of drug-likeness (QED) is 0.850. The average Bonchev–Trinajstić information content (AvgIpc) is 2.46. The maximum Gasteiger partial charge on any atom is 0.142 e. The molecule has 0 aliphatic carbocycles. The second kappa shape index (κ2) is 6.19. The smallest absolute Gasteiger partial charge is 0.142 e. The minimum atomic E-state index is 0.745. The lowest BCUT2D eigenvalue weighted by Gasteiger charge is -2.22. The van der Waals surface area contributed by atoms with Crippen molar-refractivity contribution in [2.45, 2.75) is 6.54 Å². The monoisotopic (exact) mass is 272 g/mol. The van der Waals surface area contributed by atoms with Gasteiger partial charge in [0, 0.05) is 25.3 Å². The fraction of sp³-hybridized carbons (Fsp3) is 0.250. The summed E-state index contributed by atoms with van der Waals surface area (Å²) in [5.74, 6) is 1.62. The van der Waals surface area contributed by atoms with Crippen LogP contribution in [0.15, 0.2) is 42.5 Å². The molecular formula is C16H20N2O2. The van der Waals surface area contributed by atoms with Gasteiger partial charge in [-0.05, 0) is 29.8 Å². The van der Waals surface area contributed by atoms with Gasteiger partial charge >= 0.3 is 0 Å². The van der Waals surface area contributed by atoms with Crippen molar-refractivity contribution in [3.63, 3.8) is 0 Å². The Morgan fingerprint density at radius 2 is 1.85 bits per heavy atom. The molecule has 0 aliphatic rings. The van der Waals surface area contributed by atoms with Crippen molar-refractivity contribution in [1.82, 2.24) is 0 Å². The van der Waals surface area contributed by atoms with E-state index in [0.29, 0.717) is 0 Å². The highest BCUT2D eigenvalue weighted by Gasteiger charge is 2.10. The summed E-state index contributed by atoms with van der Waals surface area (Å²) in [5, 5.41) is 0. The fourth-order valence-electron chi connectivity index (χ4n) is 2.15. The number of benzene rings is 2. The summed E-state index contributed by atoms with van der Waals surface area (Å²) in [6, 6.07) is 13.6. The van der Waals surface area contributed by atoms with Gasteiger partial charge in [0.2, 0.25) is 0 Å². The minimum Gasteiger partial charge on any atom is -0.497 e. The summed E-state index contributed by atoms with van der Waals surface area (Å²) in [5.41, 5.74) is 8.71. The second-order valence-corrected chi connectivity index (χ2v) is 4.64. The number of hydrogen-bond acceptors (Lipinski definition) is 4. The molecular weight excluding hydrogens is 252 g/mol. The Labute approximate surface area is 119 Å². The number of nitrogen functional groups attached to an aromatic ring is 1. The summed E-state index contributed by atoms with van der Waals surface area (Å²) in [6.45, 7) is 0.745. The Hall–Kier alpha value is -2.36. The van der Waals surface area contributed by atoms with Crippen LogP contribution < -0.4 is 20.1 Å². The third-order valence-electron chi connectivity index (χ3n) is 3.17. The van der Waals surface area contributed by atoms with E-state index in [4.69, 9.17) is 15.2 Å². The molecule has 0 aliphatic heterocycles. The summed E-state index contributed by atoms with van der Waals surface area (Å²) < 4.78 is 10.7. The molecule has 0 heterocycles. The summed E-state index contributed by atoms with van der Waals surface area (Å²) in [6.07, 6.45) is 0. The minimum absolute atomic E-state index is 0.745. The number of anilines is 2. The first kappa shape index (κ1) is 14.1. The van der Waals surface area contributed by atoms with Crippen LogP contribution in [0.3, 0.4) is 0 Å². The first-order valence-electron chi connectivity index (χ1n) is 6.41. The Balaban J connectivity index is 2.25. The van der Waals surface area contributed by atoms with Crippen molar-refractivity contribution in [1.29, 1.82) is 0 Å². The molecule has 0 radical (unpaired) electrons. The standard InChI is InChI=1S/C16H20N2O2/c1-18(11-12-5-4-6-13(17)9-12)15-10-14(19-2)7-8-16(15)20-3/h4-10H,11,17H2,1-3H3. The van der Waals surface area contributed by atoms with E-state index < -0.39 is 0 Å². The van der Waals surface area contributed by atoms with Crippen LogP contribution in [-0.2, 0) is 6.54 Å². The lowest BCUT2D eigenvalue weighted by Crippen LogP contribution is -2.17. The number of methoxy groups -OCH3 is 2. The third kappa shape index (κ3) is 3.15. The van der Waals surface area contributed by atoms with Crippen LogP contribution in [0.1, 0.15) is 5.56 Å². The van der Waals surface area contributed by atoms with Gasteiger partial charge < -0.3 is 20.1 Å². The van der Waals surface area contributed by atoms with Gasteiger partial charge in [-0.3, -0.25) is 0 Å². The van der Waals surface area contributed by atoms with E-state index in [-0.39, 0.29) is 0 Å². The molecule has 0 atom stereocenters. The number of rotatable bonds is 5. The van der Waals surface area contributed by atoms with Crippen molar-refractivity contribution in [3.05, 3.63) is 48.0 Å². The average molecular weight is 272 g/mol. The van der Waals surface area contributed by atoms with Crippen LogP contribution in [0.2, 0.25) is 0 Å². The van der Waals surface area contributed by atoms with E-state index in [1.807, 2.05) is 43.4 Å². The molecule has 106 valence electrons.